The maximum absolute atomic E-state index is 12.4. The van der Waals surface area contributed by atoms with Crippen molar-refractivity contribution in [2.75, 3.05) is 17.7 Å². The lowest BCUT2D eigenvalue weighted by Crippen LogP contribution is -2.12. The second-order valence-electron chi connectivity index (χ2n) is 5.87. The zero-order valence-corrected chi connectivity index (χ0v) is 15.9. The molecular formula is C20H18N4O3S. The first-order valence-electron chi connectivity index (χ1n) is 8.46. The molecule has 0 fully saturated rings. The monoisotopic (exact) mass is 394 g/mol. The van der Waals surface area contributed by atoms with Crippen LogP contribution in [0.4, 0.5) is 17.1 Å². The predicted octanol–water partition coefficient (Wildman–Crippen LogP) is 4.58. The number of aromatic nitrogens is 1. The summed E-state index contributed by atoms with van der Waals surface area (Å²) in [6.07, 6.45) is 3.58. The van der Waals surface area contributed by atoms with E-state index in [0.29, 0.717) is 11.4 Å². The molecule has 1 aromatic heterocycles. The highest BCUT2D eigenvalue weighted by molar-refractivity contribution is 7.98. The van der Waals surface area contributed by atoms with Crippen molar-refractivity contribution in [1.82, 2.24) is 4.98 Å². The number of benzene rings is 2. The lowest BCUT2D eigenvalue weighted by Gasteiger charge is -2.08. The average Bonchev–Trinajstić information content (AvgIpc) is 2.73. The number of carbonyl (C=O) groups excluding carboxylic acids is 1. The Bertz CT molecular complexity index is 979. The van der Waals surface area contributed by atoms with Crippen LogP contribution < -0.4 is 10.6 Å². The van der Waals surface area contributed by atoms with Crippen molar-refractivity contribution in [1.29, 1.82) is 0 Å². The van der Waals surface area contributed by atoms with Gasteiger partial charge in [-0.15, -0.1) is 11.8 Å². The van der Waals surface area contributed by atoms with Gasteiger partial charge in [0, 0.05) is 47.4 Å². The summed E-state index contributed by atoms with van der Waals surface area (Å²) in [5, 5.41) is 16.6. The van der Waals surface area contributed by atoms with E-state index in [1.165, 1.54) is 12.1 Å². The second kappa shape index (κ2) is 9.01. The van der Waals surface area contributed by atoms with Gasteiger partial charge in [-0.1, -0.05) is 6.07 Å². The molecule has 1 amide bonds. The van der Waals surface area contributed by atoms with Crippen molar-refractivity contribution in [3.63, 3.8) is 0 Å². The number of hydrogen-bond acceptors (Lipinski definition) is 6. The minimum Gasteiger partial charge on any atom is -0.383 e. The van der Waals surface area contributed by atoms with Gasteiger partial charge in [0.15, 0.2) is 0 Å². The molecule has 2 aromatic carbocycles. The molecule has 0 aliphatic rings. The zero-order valence-electron chi connectivity index (χ0n) is 15.1. The fraction of sp³-hybridized carbons (Fsp3) is 0.100. The number of amides is 1. The van der Waals surface area contributed by atoms with Crippen molar-refractivity contribution >= 4 is 34.7 Å². The van der Waals surface area contributed by atoms with Crippen LogP contribution in [0.1, 0.15) is 15.9 Å². The van der Waals surface area contributed by atoms with E-state index < -0.39 is 10.8 Å². The number of rotatable bonds is 7. The molecule has 0 spiro atoms. The van der Waals surface area contributed by atoms with Crippen LogP contribution in [0.3, 0.4) is 0 Å². The molecule has 142 valence electrons. The first kappa shape index (κ1) is 19.4. The zero-order chi connectivity index (χ0) is 19.9. The molecule has 3 aromatic rings. The molecule has 0 atom stereocenters. The van der Waals surface area contributed by atoms with Gasteiger partial charge in [-0.05, 0) is 48.0 Å². The highest BCUT2D eigenvalue weighted by atomic mass is 32.2. The topological polar surface area (TPSA) is 97.2 Å². The summed E-state index contributed by atoms with van der Waals surface area (Å²) < 4.78 is 0. The number of nitro benzene ring substituents is 1. The van der Waals surface area contributed by atoms with E-state index in [1.807, 2.05) is 30.5 Å². The fourth-order valence-electron chi connectivity index (χ4n) is 2.52. The summed E-state index contributed by atoms with van der Waals surface area (Å²) in [6.45, 7) is 0. The number of nitrogens with one attached hydrogen (secondary N) is 2. The highest BCUT2D eigenvalue weighted by Gasteiger charge is 2.16. The Balaban J connectivity index is 1.64. The SMILES string of the molecule is CNc1ccc(C(=O)Nc2ccc(SCc3cccnc3)cc2)cc1[N+](=O)[O-]. The minimum atomic E-state index is -0.517. The van der Waals surface area contributed by atoms with Gasteiger partial charge in [0.2, 0.25) is 0 Å². The van der Waals surface area contributed by atoms with Crippen LogP contribution in [-0.2, 0) is 5.75 Å². The predicted molar refractivity (Wildman–Crippen MR) is 111 cm³/mol. The van der Waals surface area contributed by atoms with Gasteiger partial charge < -0.3 is 10.6 Å². The first-order chi connectivity index (χ1) is 13.6. The first-order valence-corrected chi connectivity index (χ1v) is 9.44. The number of thioether (sulfide) groups is 1. The average molecular weight is 394 g/mol. The van der Waals surface area contributed by atoms with Gasteiger partial charge in [0.1, 0.15) is 5.69 Å². The van der Waals surface area contributed by atoms with Crippen molar-refractivity contribution in [3.05, 3.63) is 88.2 Å². The molecule has 0 saturated heterocycles. The molecule has 28 heavy (non-hydrogen) atoms. The maximum atomic E-state index is 12.4. The summed E-state index contributed by atoms with van der Waals surface area (Å²) in [4.78, 5) is 28.2. The van der Waals surface area contributed by atoms with E-state index in [0.717, 1.165) is 16.2 Å². The lowest BCUT2D eigenvalue weighted by atomic mass is 10.1. The molecular weight excluding hydrogens is 376 g/mol. The van der Waals surface area contributed by atoms with Gasteiger partial charge in [0.25, 0.3) is 11.6 Å². The molecule has 2 N–H and O–H groups in total. The Hall–Kier alpha value is -3.39. The van der Waals surface area contributed by atoms with E-state index in [2.05, 4.69) is 15.6 Å². The number of nitro groups is 1. The standard InChI is InChI=1S/C20H18N4O3S/c1-21-18-9-4-15(11-19(18)24(26)27)20(25)23-16-5-7-17(8-6-16)28-13-14-3-2-10-22-12-14/h2-12,21H,13H2,1H3,(H,23,25). The smallest absolute Gasteiger partial charge is 0.293 e. The third-order valence-electron chi connectivity index (χ3n) is 3.97. The normalized spacial score (nSPS) is 10.3. The van der Waals surface area contributed by atoms with Crippen LogP contribution >= 0.6 is 11.8 Å². The molecule has 1 heterocycles. The van der Waals surface area contributed by atoms with Gasteiger partial charge in [-0.3, -0.25) is 19.9 Å². The van der Waals surface area contributed by atoms with Crippen molar-refractivity contribution in [2.24, 2.45) is 0 Å². The quantitative estimate of drug-likeness (QED) is 0.346. The largest absolute Gasteiger partial charge is 0.383 e. The number of anilines is 2. The number of nitrogens with zero attached hydrogens (tertiary/aromatic N) is 2. The van der Waals surface area contributed by atoms with Gasteiger partial charge in [0.05, 0.1) is 4.92 Å². The van der Waals surface area contributed by atoms with Gasteiger partial charge >= 0.3 is 0 Å². The molecule has 7 nitrogen and oxygen atoms in total. The molecule has 0 bridgehead atoms. The van der Waals surface area contributed by atoms with Gasteiger partial charge in [-0.2, -0.15) is 0 Å². The molecule has 0 aliphatic heterocycles. The van der Waals surface area contributed by atoms with Crippen LogP contribution in [0.25, 0.3) is 0 Å². The van der Waals surface area contributed by atoms with Crippen molar-refractivity contribution < 1.29 is 9.72 Å². The Morgan fingerprint density at radius 1 is 1.18 bits per heavy atom. The Labute approximate surface area is 166 Å². The lowest BCUT2D eigenvalue weighted by molar-refractivity contribution is -0.384. The summed E-state index contributed by atoms with van der Waals surface area (Å²) in [6, 6.07) is 15.7. The van der Waals surface area contributed by atoms with Crippen molar-refractivity contribution in [2.45, 2.75) is 10.6 Å². The van der Waals surface area contributed by atoms with Crippen LogP contribution in [0.5, 0.6) is 0 Å². The minimum absolute atomic E-state index is 0.141. The van der Waals surface area contributed by atoms with Gasteiger partial charge in [-0.25, -0.2) is 0 Å². The van der Waals surface area contributed by atoms with Crippen molar-refractivity contribution in [3.8, 4) is 0 Å². The molecule has 0 aliphatic carbocycles. The summed E-state index contributed by atoms with van der Waals surface area (Å²) >= 11 is 1.67. The Morgan fingerprint density at radius 3 is 2.61 bits per heavy atom. The summed E-state index contributed by atoms with van der Waals surface area (Å²) in [7, 11) is 1.59. The van der Waals surface area contributed by atoms with E-state index in [9.17, 15) is 14.9 Å². The Kier molecular flexibility index (Phi) is 6.23. The number of carbonyl (C=O) groups is 1. The van der Waals surface area contributed by atoms with Crippen LogP contribution in [0, 0.1) is 10.1 Å². The van der Waals surface area contributed by atoms with E-state index >= 15 is 0 Å². The number of hydrogen-bond donors (Lipinski definition) is 2. The Morgan fingerprint density at radius 2 is 1.96 bits per heavy atom. The van der Waals surface area contributed by atoms with E-state index in [-0.39, 0.29) is 11.3 Å². The van der Waals surface area contributed by atoms with E-state index in [4.69, 9.17) is 0 Å². The highest BCUT2D eigenvalue weighted by Crippen LogP contribution is 2.26. The van der Waals surface area contributed by atoms with E-state index in [1.54, 1.807) is 43.2 Å². The molecule has 3 rings (SSSR count). The van der Waals surface area contributed by atoms with Crippen LogP contribution in [-0.4, -0.2) is 22.9 Å². The third-order valence-corrected chi connectivity index (χ3v) is 5.05. The maximum Gasteiger partial charge on any atom is 0.293 e. The number of pyridine rings is 1. The molecule has 0 unspecified atom stereocenters. The third kappa shape index (κ3) is 4.86. The van der Waals surface area contributed by atoms with Crippen LogP contribution in [0.2, 0.25) is 0 Å². The molecule has 0 radical (unpaired) electrons. The van der Waals surface area contributed by atoms with Crippen LogP contribution in [0.15, 0.2) is 71.9 Å². The molecule has 8 heteroatoms. The fourth-order valence-corrected chi connectivity index (χ4v) is 3.36. The summed E-state index contributed by atoms with van der Waals surface area (Å²) in [5.41, 5.74) is 2.20. The summed E-state index contributed by atoms with van der Waals surface area (Å²) in [5.74, 6) is 0.405. The second-order valence-corrected chi connectivity index (χ2v) is 6.92. The molecule has 0 saturated carbocycles.